The van der Waals surface area contributed by atoms with Crippen molar-refractivity contribution in [1.29, 1.82) is 0 Å². The van der Waals surface area contributed by atoms with Crippen LogP contribution in [0.5, 0.6) is 5.75 Å². The van der Waals surface area contributed by atoms with Crippen molar-refractivity contribution < 1.29 is 9.53 Å². The Morgan fingerprint density at radius 2 is 2.07 bits per heavy atom. The lowest BCUT2D eigenvalue weighted by Crippen LogP contribution is -2.39. The molecule has 29 heavy (non-hydrogen) atoms. The average molecular weight is 413 g/mol. The van der Waals surface area contributed by atoms with Crippen molar-refractivity contribution in [1.82, 2.24) is 14.9 Å². The molecule has 0 spiro atoms. The first-order valence-electron chi connectivity index (χ1n) is 9.84. The maximum Gasteiger partial charge on any atom is 0.238 e. The molecule has 3 aromatic rings. The molecule has 1 fully saturated rings. The van der Waals surface area contributed by atoms with Crippen molar-refractivity contribution in [3.8, 4) is 5.75 Å². The number of methoxy groups -OCH3 is 1. The van der Waals surface area contributed by atoms with Crippen molar-refractivity contribution in [2.45, 2.75) is 25.7 Å². The van der Waals surface area contributed by atoms with Gasteiger partial charge in [-0.3, -0.25) is 9.69 Å². The summed E-state index contributed by atoms with van der Waals surface area (Å²) in [5.41, 5.74) is 3.93. The van der Waals surface area contributed by atoms with Gasteiger partial charge in [0.2, 0.25) is 5.91 Å². The number of imidazole rings is 1. The van der Waals surface area contributed by atoms with Crippen molar-refractivity contribution in [3.63, 3.8) is 0 Å². The van der Waals surface area contributed by atoms with Gasteiger partial charge in [0.1, 0.15) is 11.6 Å². The van der Waals surface area contributed by atoms with Crippen LogP contribution in [0.2, 0.25) is 5.02 Å². The van der Waals surface area contributed by atoms with Crippen LogP contribution in [-0.4, -0.2) is 47.5 Å². The summed E-state index contributed by atoms with van der Waals surface area (Å²) < 4.78 is 5.29. The highest BCUT2D eigenvalue weighted by Gasteiger charge is 2.24. The number of halogens is 1. The Labute approximate surface area is 175 Å². The monoisotopic (exact) mass is 412 g/mol. The molecule has 7 heteroatoms. The maximum atomic E-state index is 12.5. The van der Waals surface area contributed by atoms with Crippen LogP contribution in [0, 0.1) is 6.92 Å². The van der Waals surface area contributed by atoms with E-state index in [0.717, 1.165) is 42.8 Å². The zero-order valence-electron chi connectivity index (χ0n) is 16.7. The molecule has 6 nitrogen and oxygen atoms in total. The summed E-state index contributed by atoms with van der Waals surface area (Å²) in [4.78, 5) is 22.9. The molecule has 1 aliphatic rings. The topological polar surface area (TPSA) is 70.2 Å². The summed E-state index contributed by atoms with van der Waals surface area (Å²) in [7, 11) is 1.57. The number of carbonyl (C=O) groups excluding carboxylic acids is 1. The summed E-state index contributed by atoms with van der Waals surface area (Å²) in [6.45, 7) is 4.16. The Balaban J connectivity index is 1.33. The number of carbonyl (C=O) groups is 1. The molecule has 152 valence electrons. The van der Waals surface area contributed by atoms with E-state index in [4.69, 9.17) is 21.3 Å². The van der Waals surface area contributed by atoms with Crippen LogP contribution in [0.15, 0.2) is 36.4 Å². The van der Waals surface area contributed by atoms with E-state index in [1.54, 1.807) is 25.3 Å². The van der Waals surface area contributed by atoms with E-state index >= 15 is 0 Å². The van der Waals surface area contributed by atoms with E-state index < -0.39 is 0 Å². The number of aromatic nitrogens is 2. The molecular formula is C22H25ClN4O2. The number of benzene rings is 2. The highest BCUT2D eigenvalue weighted by molar-refractivity contribution is 6.31. The Morgan fingerprint density at radius 3 is 2.83 bits per heavy atom. The predicted molar refractivity (Wildman–Crippen MR) is 116 cm³/mol. The number of fused-ring (bicyclic) bond motifs is 1. The zero-order chi connectivity index (χ0) is 20.4. The van der Waals surface area contributed by atoms with Crippen LogP contribution in [-0.2, 0) is 4.79 Å². The fourth-order valence-electron chi connectivity index (χ4n) is 3.87. The quantitative estimate of drug-likeness (QED) is 0.653. The molecule has 0 saturated carbocycles. The Hall–Kier alpha value is -2.57. The zero-order valence-corrected chi connectivity index (χ0v) is 17.4. The summed E-state index contributed by atoms with van der Waals surface area (Å²) in [6, 6.07) is 11.5. The average Bonchev–Trinajstić information content (AvgIpc) is 3.12. The number of likely N-dealkylation sites (tertiary alicyclic amines) is 1. The number of hydrogen-bond donors (Lipinski definition) is 2. The molecule has 4 rings (SSSR count). The number of anilines is 1. The Kier molecular flexibility index (Phi) is 5.74. The minimum atomic E-state index is -0.0665. The second-order valence-corrected chi connectivity index (χ2v) is 8.02. The third-order valence-corrected chi connectivity index (χ3v) is 5.67. The smallest absolute Gasteiger partial charge is 0.238 e. The number of nitrogens with zero attached hydrogens (tertiary/aromatic N) is 2. The second kappa shape index (κ2) is 8.43. The van der Waals surface area contributed by atoms with Crippen LogP contribution in [0.3, 0.4) is 0 Å². The number of aryl methyl sites for hydroxylation is 1. The van der Waals surface area contributed by atoms with E-state index in [2.05, 4.69) is 40.3 Å². The van der Waals surface area contributed by atoms with Gasteiger partial charge in [-0.25, -0.2) is 4.98 Å². The minimum absolute atomic E-state index is 0.0665. The van der Waals surface area contributed by atoms with Crippen molar-refractivity contribution in [2.24, 2.45) is 0 Å². The molecule has 0 radical (unpaired) electrons. The van der Waals surface area contributed by atoms with Crippen LogP contribution >= 0.6 is 11.6 Å². The van der Waals surface area contributed by atoms with Gasteiger partial charge in [-0.1, -0.05) is 17.7 Å². The number of piperidine rings is 1. The fourth-order valence-corrected chi connectivity index (χ4v) is 4.04. The van der Waals surface area contributed by atoms with Gasteiger partial charge in [0.15, 0.2) is 0 Å². The number of nitrogens with one attached hydrogen (secondary N) is 2. The lowest BCUT2D eigenvalue weighted by Gasteiger charge is -2.30. The van der Waals surface area contributed by atoms with Gasteiger partial charge in [0.05, 0.1) is 30.4 Å². The standard InChI is InChI=1S/C22H25ClN4O2/c1-14-3-5-17-18(11-14)26-22(25-17)15-7-9-27(10-8-15)13-21(28)24-19-12-16(23)4-6-20(19)29-2/h3-6,11-12,15H,7-10,13H2,1-2H3,(H,24,28)(H,25,26). The summed E-state index contributed by atoms with van der Waals surface area (Å²) >= 11 is 6.04. The molecule has 1 saturated heterocycles. The van der Waals surface area contributed by atoms with E-state index in [0.29, 0.717) is 28.9 Å². The van der Waals surface area contributed by atoms with E-state index in [9.17, 15) is 4.79 Å². The second-order valence-electron chi connectivity index (χ2n) is 7.59. The lowest BCUT2D eigenvalue weighted by molar-refractivity contribution is -0.117. The molecule has 0 aliphatic carbocycles. The number of amides is 1. The first-order valence-corrected chi connectivity index (χ1v) is 10.2. The molecule has 1 aliphatic heterocycles. The number of H-pyrrole nitrogens is 1. The molecular weight excluding hydrogens is 388 g/mol. The van der Waals surface area contributed by atoms with Crippen molar-refractivity contribution >= 4 is 34.2 Å². The molecule has 2 N–H and O–H groups in total. The largest absolute Gasteiger partial charge is 0.495 e. The van der Waals surface area contributed by atoms with Crippen molar-refractivity contribution in [2.75, 3.05) is 32.1 Å². The van der Waals surface area contributed by atoms with E-state index in [-0.39, 0.29) is 5.91 Å². The normalized spacial score (nSPS) is 15.6. The molecule has 0 atom stereocenters. The maximum absolute atomic E-state index is 12.5. The Morgan fingerprint density at radius 1 is 1.28 bits per heavy atom. The molecule has 0 unspecified atom stereocenters. The summed E-state index contributed by atoms with van der Waals surface area (Å²) in [6.07, 6.45) is 1.96. The van der Waals surface area contributed by atoms with E-state index in [1.807, 2.05) is 0 Å². The summed E-state index contributed by atoms with van der Waals surface area (Å²) in [5.74, 6) is 1.98. The molecule has 2 heterocycles. The molecule has 1 aromatic heterocycles. The first kappa shape index (κ1) is 19.7. The summed E-state index contributed by atoms with van der Waals surface area (Å²) in [5, 5.41) is 3.47. The molecule has 0 bridgehead atoms. The lowest BCUT2D eigenvalue weighted by atomic mass is 9.96. The predicted octanol–water partition coefficient (Wildman–Crippen LogP) is 4.35. The van der Waals surface area contributed by atoms with Gasteiger partial charge in [0.25, 0.3) is 0 Å². The fraction of sp³-hybridized carbons (Fsp3) is 0.364. The Bertz CT molecular complexity index is 1020. The number of hydrogen-bond acceptors (Lipinski definition) is 4. The van der Waals surface area contributed by atoms with Crippen LogP contribution in [0.25, 0.3) is 11.0 Å². The van der Waals surface area contributed by atoms with Gasteiger partial charge < -0.3 is 15.0 Å². The van der Waals surface area contributed by atoms with E-state index in [1.165, 1.54) is 5.56 Å². The van der Waals surface area contributed by atoms with Crippen molar-refractivity contribution in [3.05, 3.63) is 52.8 Å². The minimum Gasteiger partial charge on any atom is -0.495 e. The number of aromatic amines is 1. The van der Waals surface area contributed by atoms with Crippen LogP contribution in [0.4, 0.5) is 5.69 Å². The first-order chi connectivity index (χ1) is 14.0. The van der Waals surface area contributed by atoms with Gasteiger partial charge in [-0.2, -0.15) is 0 Å². The van der Waals surface area contributed by atoms with Gasteiger partial charge >= 0.3 is 0 Å². The number of rotatable bonds is 5. The van der Waals surface area contributed by atoms with Gasteiger partial charge in [0, 0.05) is 10.9 Å². The van der Waals surface area contributed by atoms with Crippen LogP contribution < -0.4 is 10.1 Å². The molecule has 2 aromatic carbocycles. The molecule has 1 amide bonds. The number of ether oxygens (including phenoxy) is 1. The highest BCUT2D eigenvalue weighted by Crippen LogP contribution is 2.29. The third kappa shape index (κ3) is 4.54. The third-order valence-electron chi connectivity index (χ3n) is 5.43. The van der Waals surface area contributed by atoms with Gasteiger partial charge in [-0.15, -0.1) is 0 Å². The van der Waals surface area contributed by atoms with Gasteiger partial charge in [-0.05, 0) is 68.8 Å². The SMILES string of the molecule is COc1ccc(Cl)cc1NC(=O)CN1CCC(c2nc3ccc(C)cc3[nH]2)CC1. The van der Waals surface area contributed by atoms with Crippen LogP contribution in [0.1, 0.15) is 30.1 Å². The highest BCUT2D eigenvalue weighted by atomic mass is 35.5.